The van der Waals surface area contributed by atoms with E-state index in [4.69, 9.17) is 33.4 Å². The molecule has 1 aliphatic heterocycles. The van der Waals surface area contributed by atoms with Gasteiger partial charge in [0.05, 0.1) is 34.7 Å². The molecule has 0 bridgehead atoms. The van der Waals surface area contributed by atoms with E-state index in [9.17, 15) is 102 Å². The van der Waals surface area contributed by atoms with Crippen molar-refractivity contribution >= 4 is 147 Å². The number of anilines is 1. The maximum atomic E-state index is 14.8. The van der Waals surface area contributed by atoms with Crippen LogP contribution in [0.25, 0.3) is 23.1 Å². The Morgan fingerprint density at radius 1 is 0.564 bits per heavy atom. The topological polar surface area (TPSA) is 730 Å². The second kappa shape index (κ2) is 57.1. The van der Waals surface area contributed by atoms with Crippen molar-refractivity contribution in [1.29, 1.82) is 0 Å². The van der Waals surface area contributed by atoms with Gasteiger partial charge in [-0.05, 0) is 188 Å². The van der Waals surface area contributed by atoms with Gasteiger partial charge in [-0.1, -0.05) is 100 Å². The van der Waals surface area contributed by atoms with Gasteiger partial charge in [0.25, 0.3) is 5.91 Å². The smallest absolute Gasteiger partial charge is 0.435 e. The summed E-state index contributed by atoms with van der Waals surface area (Å²) in [5.74, 6) is -16.8. The first-order chi connectivity index (χ1) is 66.7. The van der Waals surface area contributed by atoms with Crippen LogP contribution in [0.15, 0.2) is 131 Å². The molecule has 0 radical (unpaired) electrons. The number of carboxylic acid groups (broad SMARTS) is 1. The van der Waals surface area contributed by atoms with Crippen LogP contribution in [0.3, 0.4) is 0 Å². The molecule has 0 saturated carbocycles. The van der Waals surface area contributed by atoms with Gasteiger partial charge in [-0.25, -0.2) is 9.59 Å². The number of aliphatic hydroxyl groups excluding tert-OH is 2. The van der Waals surface area contributed by atoms with Crippen molar-refractivity contribution in [3.8, 4) is 0 Å². The van der Waals surface area contributed by atoms with Crippen LogP contribution in [0.5, 0.6) is 0 Å². The summed E-state index contributed by atoms with van der Waals surface area (Å²) in [6.45, 7) is 6.95. The summed E-state index contributed by atoms with van der Waals surface area (Å²) < 4.78 is 6.91. The monoisotopic (exact) mass is 1960 g/mol. The van der Waals surface area contributed by atoms with Crippen LogP contribution in [0.4, 0.5) is 15.3 Å². The normalized spacial score (nSPS) is 18.5. The zero-order chi connectivity index (χ0) is 103. The minimum absolute atomic E-state index is 0.00975. The Morgan fingerprint density at radius 3 is 1.72 bits per heavy atom. The highest BCUT2D eigenvalue weighted by atomic mass is 32.2. The fourth-order valence-electron chi connectivity index (χ4n) is 14.5. The highest BCUT2D eigenvalue weighted by molar-refractivity contribution is 7.99. The first-order valence-corrected chi connectivity index (χ1v) is 46.6. The number of carboxylic acids is 1. The van der Waals surface area contributed by atoms with Crippen molar-refractivity contribution in [2.24, 2.45) is 40.5 Å². The highest BCUT2D eigenvalue weighted by Crippen LogP contribution is 2.34. The Bertz CT molecular complexity index is 5320. The maximum absolute atomic E-state index is 14.8. The second-order valence-corrected chi connectivity index (χ2v) is 35.0. The number of aromatic nitrogens is 3. The number of hydrogen-bond acceptors (Lipinski definition) is 28. The van der Waals surface area contributed by atoms with E-state index >= 15 is 0 Å². The van der Waals surface area contributed by atoms with E-state index in [-0.39, 0.29) is 102 Å². The molecule has 29 N–H and O–H groups in total. The number of carbonyl (C=O) groups is 18. The number of nitrogens with one attached hydrogen (secondary N) is 16. The van der Waals surface area contributed by atoms with Gasteiger partial charge in [-0.2, -0.15) is 9.78 Å². The fraction of sp³-hybridized carbons (Fsp3) is 0.462. The Balaban J connectivity index is 1.02. The molecule has 3 heterocycles. The summed E-state index contributed by atoms with van der Waals surface area (Å²) in [7, 11) is 1.53. The zero-order valence-electron chi connectivity index (χ0n) is 78.8. The Hall–Kier alpha value is -14.4. The van der Waals surface area contributed by atoms with Gasteiger partial charge < -0.3 is 134 Å². The van der Waals surface area contributed by atoms with Gasteiger partial charge >= 0.3 is 18.1 Å². The number of benzene rings is 4. The molecule has 6 aromatic rings. The zero-order valence-corrected chi connectivity index (χ0v) is 79.6. The minimum atomic E-state index is -1.92. The van der Waals surface area contributed by atoms with Crippen LogP contribution in [0, 0.1) is 11.8 Å². The first kappa shape index (κ1) is 113. The third-order valence-corrected chi connectivity index (χ3v) is 23.0. The van der Waals surface area contributed by atoms with Crippen LogP contribution in [0.1, 0.15) is 151 Å². The summed E-state index contributed by atoms with van der Waals surface area (Å²) in [6, 6.07) is 12.3. The van der Waals surface area contributed by atoms with Gasteiger partial charge in [-0.3, -0.25) is 81.7 Å². The van der Waals surface area contributed by atoms with Gasteiger partial charge in [0.15, 0.2) is 0 Å². The quantitative estimate of drug-likeness (QED) is 0.0180. The lowest BCUT2D eigenvalue weighted by atomic mass is 10.00. The number of nitrogens with two attached hydrogens (primary N) is 5. The van der Waals surface area contributed by atoms with Crippen molar-refractivity contribution in [1.82, 2.24) is 94.5 Å². The van der Waals surface area contributed by atoms with E-state index in [0.717, 1.165) is 18.5 Å². The third kappa shape index (κ3) is 36.2. The molecule has 758 valence electrons. The molecule has 47 heteroatoms. The SMILES string of the molecule is CNC(=O)c1ccccc1Sc1ccc2c(/C=C/c3ccccn3)nn(C(=O)OCc3ccc(NC(=O)[C@H](CCCNC(N)=O)NC(=O)[C@@H](NC(=O)[C@H](CCC(=O)O)NC(=O)CCC(=O)NC(C(=O)N[C@@H](CCN)C(=O)N[C@@H]4CCNC(=O)[C@@H]([C@H](C)O)NC(=O)[C@H](CCN)NC(=O)[C@H](CCN)NC(=O)[C@H](CC(C)C)NC(=O)[C@@H](Cc5ccccc5)NC(=O)[C@H](CCN)NC4=O)[C@H](C)O)C(C)C)cc3)c2c1. The average Bonchev–Trinajstić information content (AvgIpc) is 1.63. The number of fused-ring (bicyclic) bond motifs is 1. The summed E-state index contributed by atoms with van der Waals surface area (Å²) in [5.41, 5.74) is 32.2. The summed E-state index contributed by atoms with van der Waals surface area (Å²) in [6.07, 6.45) is -3.96. The van der Waals surface area contributed by atoms with Crippen molar-refractivity contribution in [2.75, 3.05) is 51.6 Å². The minimum Gasteiger partial charge on any atom is -0.481 e. The predicted octanol–water partition coefficient (Wildman–Crippen LogP) is -2.23. The number of aliphatic hydroxyl groups is 2. The fourth-order valence-corrected chi connectivity index (χ4v) is 15.5. The third-order valence-electron chi connectivity index (χ3n) is 22.0. The number of carbonyl (C=O) groups excluding carboxylic acids is 17. The molecule has 46 nitrogen and oxygen atoms in total. The van der Waals surface area contributed by atoms with Gasteiger partial charge in [0.2, 0.25) is 82.7 Å². The molecule has 14 atom stereocenters. The van der Waals surface area contributed by atoms with Gasteiger partial charge in [0, 0.05) is 72.9 Å². The largest absolute Gasteiger partial charge is 0.481 e. The van der Waals surface area contributed by atoms with Crippen molar-refractivity contribution < 1.29 is 106 Å². The van der Waals surface area contributed by atoms with Crippen LogP contribution < -0.4 is 114 Å². The maximum Gasteiger partial charge on any atom is 0.435 e. The van der Waals surface area contributed by atoms with E-state index in [1.807, 2.05) is 12.1 Å². The number of amides is 17. The van der Waals surface area contributed by atoms with E-state index in [1.54, 1.807) is 123 Å². The van der Waals surface area contributed by atoms with Crippen LogP contribution >= 0.6 is 11.8 Å². The number of hydrogen-bond donors (Lipinski definition) is 24. The summed E-state index contributed by atoms with van der Waals surface area (Å²) >= 11 is 1.31. The lowest BCUT2D eigenvalue weighted by Gasteiger charge is -2.28. The Kier molecular flexibility index (Phi) is 45.9. The molecule has 7 rings (SSSR count). The molecule has 140 heavy (non-hydrogen) atoms. The number of urea groups is 1. The van der Waals surface area contributed by atoms with Crippen molar-refractivity contribution in [2.45, 2.75) is 226 Å². The van der Waals surface area contributed by atoms with Gasteiger partial charge in [-0.15, -0.1) is 0 Å². The number of nitrogens with zero attached hydrogens (tertiary/aromatic N) is 3. The Labute approximate surface area is 811 Å². The molecule has 2 aromatic heterocycles. The number of ether oxygens (including phenoxy) is 1. The molecule has 0 spiro atoms. The molecule has 1 saturated heterocycles. The van der Waals surface area contributed by atoms with Crippen LogP contribution in [0.2, 0.25) is 0 Å². The van der Waals surface area contributed by atoms with Crippen molar-refractivity contribution in [3.05, 3.63) is 150 Å². The lowest BCUT2D eigenvalue weighted by molar-refractivity contribution is -0.138. The first-order valence-electron chi connectivity index (χ1n) is 45.8. The number of rotatable bonds is 44. The lowest BCUT2D eigenvalue weighted by Crippen LogP contribution is -2.61. The summed E-state index contributed by atoms with van der Waals surface area (Å²) in [4.78, 5) is 256. The van der Waals surface area contributed by atoms with Crippen LogP contribution in [-0.4, -0.2) is 268 Å². The molecule has 17 amide bonds. The number of pyridine rings is 1. The standard InChI is InChI=1S/C93H128N24O22S/c1-50(2)46-69-87(132)107-64(34-39-94)81(126)106-67(37-42-97)86(131)115-77(52(5)118)89(134)101-45-38-68(84(129)105-65(35-40-95)83(128)112-70(88(133)111-69)47-54-16-9-8-10-17-54)108-82(127)66(36-41-96)110-91(136)78(53(6)119)113-74(121)32-31-73(120)104-63(30-33-75(122)123)85(130)114-76(51(3)4)90(135)109-62(20-15-44-102-92(98)137)80(125)103-57-24-22-55(23-25-57)49-139-93(138)117-71-48-58(140-72-21-12-11-19-60(72)79(124)99-7)27-28-59(71)61(116-117)29-26-56-18-13-14-43-100-56/h8-14,16-19,21-29,43,48,50-53,62-70,76-78,118-119H,15,20,30-42,44-47,49,94-97H2,1-7H3,(H,99,124)(H,101,134)(H,103,125)(H,104,120)(H,105,129)(H,106,126)(H,107,132)(H,108,127)(H,109,135)(H,110,136)(H,111,133)(H,112,128)(H,113,121)(H,114,130)(H,115,131)(H,122,123)(H3,98,102,137)/b29-26+/t52-,53-,62-,63-,64-,65-,66-,67-,68+,69-,70+,76-,77+,78?/m0/s1. The van der Waals surface area contributed by atoms with Crippen LogP contribution in [-0.2, 0) is 89.7 Å². The molecule has 0 aliphatic carbocycles. The van der Waals surface area contributed by atoms with E-state index in [1.165, 1.54) is 44.8 Å². The molecular formula is C93H128N24O22S. The number of aliphatic carboxylic acids is 1. The molecular weight excluding hydrogens is 1840 g/mol. The number of primary amides is 1. The summed E-state index contributed by atoms with van der Waals surface area (Å²) in [5, 5.41) is 77.2. The van der Waals surface area contributed by atoms with Gasteiger partial charge in [0.1, 0.15) is 79.1 Å². The molecule has 1 aliphatic rings. The molecule has 1 fully saturated rings. The van der Waals surface area contributed by atoms with E-state index in [2.05, 4.69) is 95.2 Å². The highest BCUT2D eigenvalue weighted by Gasteiger charge is 2.40. The Morgan fingerprint density at radius 2 is 1.14 bits per heavy atom. The average molecular weight is 1970 g/mol. The molecule has 1 unspecified atom stereocenters. The van der Waals surface area contributed by atoms with Crippen molar-refractivity contribution in [3.63, 3.8) is 0 Å². The van der Waals surface area contributed by atoms with E-state index in [0.29, 0.717) is 48.8 Å². The molecule has 4 aromatic carbocycles. The second-order valence-electron chi connectivity index (χ2n) is 33.9. The van der Waals surface area contributed by atoms with E-state index < -0.39 is 236 Å². The predicted molar refractivity (Wildman–Crippen MR) is 514 cm³/mol.